The highest BCUT2D eigenvalue weighted by molar-refractivity contribution is 5.90. The second-order valence-corrected chi connectivity index (χ2v) is 15.1. The van der Waals surface area contributed by atoms with Crippen molar-refractivity contribution in [1.82, 2.24) is 50.2 Å². The van der Waals surface area contributed by atoms with Crippen LogP contribution in [-0.4, -0.2) is 77.6 Å². The predicted octanol–water partition coefficient (Wildman–Crippen LogP) is 8.92. The van der Waals surface area contributed by atoms with Crippen LogP contribution in [0, 0.1) is 23.3 Å². The van der Waals surface area contributed by atoms with Gasteiger partial charge >= 0.3 is 0 Å². The number of hydrogen-bond donors (Lipinski definition) is 1. The van der Waals surface area contributed by atoms with E-state index < -0.39 is 11.6 Å². The Hall–Kier alpha value is -5.83. The smallest absolute Gasteiger partial charge is 0.151 e. The van der Waals surface area contributed by atoms with Gasteiger partial charge in [0.2, 0.25) is 0 Å². The Morgan fingerprint density at radius 1 is 0.644 bits per heavy atom. The molecule has 0 spiro atoms. The van der Waals surface area contributed by atoms with Crippen molar-refractivity contribution in [1.29, 1.82) is 0 Å². The minimum atomic E-state index is -0.439. The third kappa shape index (κ3) is 7.99. The molecule has 6 heterocycles. The van der Waals surface area contributed by atoms with E-state index in [1.54, 1.807) is 72.3 Å². The number of nitrogens with one attached hydrogen (secondary N) is 1. The van der Waals surface area contributed by atoms with Gasteiger partial charge in [0.1, 0.15) is 22.7 Å². The average Bonchev–Trinajstić information content (AvgIpc) is 3.82. The molecule has 8 aromatic rings. The van der Waals surface area contributed by atoms with E-state index in [9.17, 15) is 17.6 Å². The first-order chi connectivity index (χ1) is 28.1. The fraction of sp³-hybridized carbons (Fsp3) is 0.273. The molecule has 4 aromatic heterocycles. The van der Waals surface area contributed by atoms with Crippen molar-refractivity contribution in [3.63, 3.8) is 0 Å². The van der Waals surface area contributed by atoms with Crippen molar-refractivity contribution in [2.45, 2.75) is 32.1 Å². The maximum atomic E-state index is 15.0. The quantitative estimate of drug-likeness (QED) is 0.172. The third-order valence-electron chi connectivity index (χ3n) is 11.2. The highest BCUT2D eigenvalue weighted by Crippen LogP contribution is 2.33. The largest absolute Gasteiger partial charge is 0.317 e. The number of fused-ring (bicyclic) bond motifs is 4. The summed E-state index contributed by atoms with van der Waals surface area (Å²) in [4.78, 5) is 2.34. The number of halogens is 5. The number of benzene rings is 4. The van der Waals surface area contributed by atoms with Crippen molar-refractivity contribution in [2.24, 2.45) is 14.1 Å². The van der Waals surface area contributed by atoms with Gasteiger partial charge in [-0.25, -0.2) is 17.6 Å². The third-order valence-corrected chi connectivity index (χ3v) is 11.2. The lowest BCUT2D eigenvalue weighted by Gasteiger charge is -2.25. The molecule has 0 radical (unpaired) electrons. The molecule has 10 rings (SSSR count). The van der Waals surface area contributed by atoms with Gasteiger partial charge in [-0.3, -0.25) is 14.3 Å². The summed E-state index contributed by atoms with van der Waals surface area (Å²) in [6.07, 6.45) is 8.49. The Balaban J connectivity index is 0.000000162. The van der Waals surface area contributed by atoms with Crippen molar-refractivity contribution in [3.8, 4) is 22.5 Å². The molecule has 15 heteroatoms. The maximum absolute atomic E-state index is 15.0. The zero-order chi connectivity index (χ0) is 40.1. The molecule has 0 bridgehead atoms. The van der Waals surface area contributed by atoms with Crippen LogP contribution >= 0.6 is 12.4 Å². The lowest BCUT2D eigenvalue weighted by molar-refractivity contribution is 0.318. The van der Waals surface area contributed by atoms with Crippen LogP contribution in [0.25, 0.3) is 71.7 Å². The van der Waals surface area contributed by atoms with E-state index in [4.69, 9.17) is 0 Å². The molecule has 0 atom stereocenters. The topological polar surface area (TPSA) is 102 Å². The van der Waals surface area contributed by atoms with E-state index in [1.807, 2.05) is 12.1 Å². The second-order valence-electron chi connectivity index (χ2n) is 15.1. The Morgan fingerprint density at radius 3 is 1.73 bits per heavy atom. The Labute approximate surface area is 343 Å². The van der Waals surface area contributed by atoms with E-state index >= 15 is 0 Å². The van der Waals surface area contributed by atoms with Gasteiger partial charge in [-0.15, -0.1) is 32.8 Å². The van der Waals surface area contributed by atoms with Crippen LogP contribution in [0.2, 0.25) is 0 Å². The van der Waals surface area contributed by atoms with E-state index in [-0.39, 0.29) is 24.0 Å². The molecule has 2 aliphatic rings. The number of nitrogens with zero attached hydrogens (tertiary/aromatic N) is 9. The van der Waals surface area contributed by atoms with E-state index in [0.29, 0.717) is 72.0 Å². The van der Waals surface area contributed by atoms with Gasteiger partial charge in [0.15, 0.2) is 11.6 Å². The fourth-order valence-electron chi connectivity index (χ4n) is 8.06. The molecule has 0 saturated carbocycles. The average molecular weight is 821 g/mol. The SMILES string of the molecule is CCN1CC=C(c2cc(F)c3cc(-c4cc(F)c5nn(C)cc5c4)nnc3c2)CC1.Cl.Cn1cc2cc(-c3cc4c(F)cc(C5CCNCC5)cc4nn3)cc(F)c2n1. The number of piperidine rings is 1. The summed E-state index contributed by atoms with van der Waals surface area (Å²) < 4.78 is 61.8. The van der Waals surface area contributed by atoms with Crippen LogP contribution in [0.5, 0.6) is 0 Å². The van der Waals surface area contributed by atoms with Crippen molar-refractivity contribution in [3.05, 3.63) is 114 Å². The van der Waals surface area contributed by atoms with E-state index in [1.165, 1.54) is 12.1 Å². The van der Waals surface area contributed by atoms with Gasteiger partial charge in [-0.2, -0.15) is 10.2 Å². The molecule has 1 N–H and O–H groups in total. The fourth-order valence-corrected chi connectivity index (χ4v) is 8.06. The van der Waals surface area contributed by atoms with Crippen LogP contribution in [0.3, 0.4) is 0 Å². The predicted molar refractivity (Wildman–Crippen MR) is 225 cm³/mol. The van der Waals surface area contributed by atoms with Gasteiger partial charge in [0, 0.05) is 72.3 Å². The summed E-state index contributed by atoms with van der Waals surface area (Å²) in [5.74, 6) is -1.20. The molecular weight excluding hydrogens is 780 g/mol. The lowest BCUT2D eigenvalue weighted by Crippen LogP contribution is -2.28. The minimum absolute atomic E-state index is 0. The molecule has 0 amide bonds. The van der Waals surface area contributed by atoms with Crippen LogP contribution < -0.4 is 5.32 Å². The first-order valence-electron chi connectivity index (χ1n) is 19.4. The zero-order valence-corrected chi connectivity index (χ0v) is 33.5. The first-order valence-corrected chi connectivity index (χ1v) is 19.4. The summed E-state index contributed by atoms with van der Waals surface area (Å²) in [7, 11) is 3.48. The zero-order valence-electron chi connectivity index (χ0n) is 32.7. The molecule has 302 valence electrons. The van der Waals surface area contributed by atoms with Crippen LogP contribution in [0.15, 0.2) is 79.1 Å². The molecule has 2 aliphatic heterocycles. The summed E-state index contributed by atoms with van der Waals surface area (Å²) in [5, 5.41) is 30.6. The van der Waals surface area contributed by atoms with Crippen LogP contribution in [-0.2, 0) is 14.1 Å². The monoisotopic (exact) mass is 820 g/mol. The molecule has 4 aromatic carbocycles. The molecule has 1 fully saturated rings. The Morgan fingerprint density at radius 2 is 1.19 bits per heavy atom. The summed E-state index contributed by atoms with van der Waals surface area (Å²) in [5.41, 5.74) is 6.53. The highest BCUT2D eigenvalue weighted by atomic mass is 35.5. The normalized spacial score (nSPS) is 15.1. The molecule has 0 unspecified atom stereocenters. The number of likely N-dealkylation sites (N-methyl/N-ethyl adjacent to an activating group) is 1. The Kier molecular flexibility index (Phi) is 11.1. The van der Waals surface area contributed by atoms with Crippen LogP contribution in [0.1, 0.15) is 43.2 Å². The lowest BCUT2D eigenvalue weighted by atomic mass is 9.89. The molecule has 59 heavy (non-hydrogen) atoms. The van der Waals surface area contributed by atoms with E-state index in [0.717, 1.165) is 68.7 Å². The van der Waals surface area contributed by atoms with Gasteiger partial charge in [-0.05, 0) is 122 Å². The van der Waals surface area contributed by atoms with Gasteiger partial charge in [0.05, 0.1) is 22.4 Å². The van der Waals surface area contributed by atoms with Gasteiger partial charge < -0.3 is 5.32 Å². The highest BCUT2D eigenvalue weighted by Gasteiger charge is 2.20. The number of hydrogen-bond acceptors (Lipinski definition) is 8. The molecule has 1 saturated heterocycles. The second kappa shape index (κ2) is 16.4. The van der Waals surface area contributed by atoms with Crippen molar-refractivity contribution < 1.29 is 17.6 Å². The number of aryl methyl sites for hydroxylation is 2. The summed E-state index contributed by atoms with van der Waals surface area (Å²) in [6, 6.07) is 16.6. The number of rotatable bonds is 5. The van der Waals surface area contributed by atoms with Crippen molar-refractivity contribution >= 4 is 61.6 Å². The maximum Gasteiger partial charge on any atom is 0.151 e. The van der Waals surface area contributed by atoms with Gasteiger partial charge in [-0.1, -0.05) is 13.0 Å². The minimum Gasteiger partial charge on any atom is -0.317 e. The summed E-state index contributed by atoms with van der Waals surface area (Å²) >= 11 is 0. The Bertz CT molecular complexity index is 2900. The van der Waals surface area contributed by atoms with Crippen LogP contribution in [0.4, 0.5) is 17.6 Å². The van der Waals surface area contributed by atoms with E-state index in [2.05, 4.69) is 53.8 Å². The first kappa shape index (κ1) is 40.0. The standard InChI is InChI=1S/C23H21F2N5.C21H19F2N5.ClH/c1-3-30-6-4-14(5-7-30)15-9-19(24)18-12-21(26-27-22(18)11-15)16-8-17-13-29(2)28-23(17)20(25)10-16;1-28-11-15-6-14(8-18(23)21(15)27-28)19-10-16-17(22)7-13(9-20(16)26-25-19)12-2-4-24-5-3-12;/h4,8-13H,3,5-7H2,1-2H3;6-12,24H,2-5H2,1H3;1H. The van der Waals surface area contributed by atoms with Gasteiger partial charge in [0.25, 0.3) is 0 Å². The molecular formula is C44H41ClF4N10. The number of aromatic nitrogens is 8. The summed E-state index contributed by atoms with van der Waals surface area (Å²) in [6.45, 7) is 6.87. The van der Waals surface area contributed by atoms with Crippen molar-refractivity contribution in [2.75, 3.05) is 32.7 Å². The molecule has 0 aliphatic carbocycles. The molecule has 10 nitrogen and oxygen atoms in total.